The quantitative estimate of drug-likeness (QED) is 0.0205. The molecule has 0 saturated carbocycles. The molecule has 0 aliphatic heterocycles. The number of aliphatic hydroxyl groups excluding tert-OH is 1. The number of phosphoric acid groups is 1. The first-order valence-electron chi connectivity index (χ1n) is 22.0. The summed E-state index contributed by atoms with van der Waals surface area (Å²) < 4.78 is 34.1. The molecular formula is C48H81NO9P+. The highest BCUT2D eigenvalue weighted by molar-refractivity contribution is 7.47. The van der Waals surface area contributed by atoms with E-state index in [1.54, 1.807) is 0 Å². The lowest BCUT2D eigenvalue weighted by Gasteiger charge is -2.24. The van der Waals surface area contributed by atoms with Crippen LogP contribution in [0, 0.1) is 0 Å². The van der Waals surface area contributed by atoms with Crippen LogP contribution >= 0.6 is 7.82 Å². The van der Waals surface area contributed by atoms with Crippen LogP contribution in [0.4, 0.5) is 0 Å². The zero-order valence-electron chi connectivity index (χ0n) is 37.3. The van der Waals surface area contributed by atoms with Crippen LogP contribution in [-0.4, -0.2) is 86.1 Å². The Morgan fingerprint density at radius 3 is 1.53 bits per heavy atom. The molecule has 0 aliphatic carbocycles. The summed E-state index contributed by atoms with van der Waals surface area (Å²) >= 11 is 0. The van der Waals surface area contributed by atoms with Crippen molar-refractivity contribution >= 4 is 19.8 Å². The molecular weight excluding hydrogens is 766 g/mol. The maximum absolute atomic E-state index is 12.7. The lowest BCUT2D eigenvalue weighted by atomic mass is 10.1. The first-order chi connectivity index (χ1) is 28.4. The van der Waals surface area contributed by atoms with Crippen molar-refractivity contribution in [2.75, 3.05) is 47.5 Å². The molecule has 0 bridgehead atoms. The van der Waals surface area contributed by atoms with Crippen LogP contribution in [0.5, 0.6) is 0 Å². The van der Waals surface area contributed by atoms with E-state index in [9.17, 15) is 24.2 Å². The molecule has 2 N–H and O–H groups in total. The average Bonchev–Trinajstić information content (AvgIpc) is 3.18. The van der Waals surface area contributed by atoms with Gasteiger partial charge < -0.3 is 24.0 Å². The van der Waals surface area contributed by atoms with Gasteiger partial charge in [0.05, 0.1) is 33.9 Å². The number of quaternary nitrogens is 1. The van der Waals surface area contributed by atoms with Gasteiger partial charge in [0.1, 0.15) is 19.8 Å². The fourth-order valence-corrected chi connectivity index (χ4v) is 5.93. The van der Waals surface area contributed by atoms with Crippen LogP contribution in [0.3, 0.4) is 0 Å². The maximum Gasteiger partial charge on any atom is 0.472 e. The lowest BCUT2D eigenvalue weighted by Crippen LogP contribution is -2.37. The summed E-state index contributed by atoms with van der Waals surface area (Å²) in [5.74, 6) is -0.962. The number of hydrogen-bond acceptors (Lipinski definition) is 8. The minimum atomic E-state index is -4.42. The maximum atomic E-state index is 12.7. The number of ether oxygens (including phenoxy) is 2. The molecule has 0 saturated heterocycles. The summed E-state index contributed by atoms with van der Waals surface area (Å²) in [6.07, 6.45) is 48.2. The second kappa shape index (κ2) is 39.1. The van der Waals surface area contributed by atoms with Crippen molar-refractivity contribution in [1.29, 1.82) is 0 Å². The Kier molecular flexibility index (Phi) is 37.0. The van der Waals surface area contributed by atoms with E-state index in [4.69, 9.17) is 18.5 Å². The molecule has 0 aromatic carbocycles. The SMILES string of the molecule is CCCCC/C=C\C/C=C\C/C=C\C/C=C\CCCC(=O)O[C@H](COC(=O)CCC/C=C\C/C=C\C/C=C\C/C=C\CC(O)CCC)COP(=O)(O)OCC[N+](C)(C)C. The van der Waals surface area contributed by atoms with Crippen LogP contribution in [0.15, 0.2) is 97.2 Å². The van der Waals surface area contributed by atoms with E-state index in [1.807, 2.05) is 39.4 Å². The summed E-state index contributed by atoms with van der Waals surface area (Å²) in [6, 6.07) is 0. The molecule has 0 fully saturated rings. The molecule has 2 unspecified atom stereocenters. The van der Waals surface area contributed by atoms with Crippen molar-refractivity contribution in [2.24, 2.45) is 0 Å². The first kappa shape index (κ1) is 55.9. The molecule has 0 aliphatic rings. The van der Waals surface area contributed by atoms with Gasteiger partial charge in [-0.05, 0) is 89.9 Å². The predicted octanol–water partition coefficient (Wildman–Crippen LogP) is 11.5. The fourth-order valence-electron chi connectivity index (χ4n) is 5.19. The Balaban J connectivity index is 4.59. The van der Waals surface area contributed by atoms with Crippen LogP contribution in [0.25, 0.3) is 0 Å². The minimum absolute atomic E-state index is 0.00119. The fraction of sp³-hybridized carbons (Fsp3) is 0.625. The van der Waals surface area contributed by atoms with Crippen molar-refractivity contribution in [3.05, 3.63) is 97.2 Å². The monoisotopic (exact) mass is 847 g/mol. The number of nitrogens with zero attached hydrogens (tertiary/aromatic N) is 1. The van der Waals surface area contributed by atoms with Crippen molar-refractivity contribution < 1.29 is 47.2 Å². The Morgan fingerprint density at radius 2 is 1.05 bits per heavy atom. The largest absolute Gasteiger partial charge is 0.472 e. The zero-order chi connectivity index (χ0) is 43.7. The topological polar surface area (TPSA) is 129 Å². The van der Waals surface area contributed by atoms with Crippen LogP contribution in [0.2, 0.25) is 0 Å². The Bertz CT molecular complexity index is 1340. The van der Waals surface area contributed by atoms with E-state index >= 15 is 0 Å². The second-order valence-electron chi connectivity index (χ2n) is 15.6. The number of phosphoric ester groups is 1. The highest BCUT2D eigenvalue weighted by atomic mass is 31.2. The van der Waals surface area contributed by atoms with Gasteiger partial charge in [-0.1, -0.05) is 130 Å². The number of carbonyl (C=O) groups is 2. The predicted molar refractivity (Wildman–Crippen MR) is 244 cm³/mol. The van der Waals surface area contributed by atoms with E-state index in [-0.39, 0.29) is 32.2 Å². The van der Waals surface area contributed by atoms with E-state index < -0.39 is 32.5 Å². The van der Waals surface area contributed by atoms with Gasteiger partial charge in [0.2, 0.25) is 0 Å². The number of hydrogen-bond donors (Lipinski definition) is 2. The van der Waals surface area contributed by atoms with Gasteiger partial charge in [-0.15, -0.1) is 0 Å². The van der Waals surface area contributed by atoms with E-state index in [1.165, 1.54) is 19.3 Å². The number of allylic oxidation sites excluding steroid dienone is 15. The molecule has 0 aromatic rings. The normalized spacial score (nSPS) is 15.0. The summed E-state index contributed by atoms with van der Waals surface area (Å²) in [7, 11) is 1.37. The molecule has 0 aromatic heterocycles. The lowest BCUT2D eigenvalue weighted by molar-refractivity contribution is -0.870. The third kappa shape index (κ3) is 42.8. The van der Waals surface area contributed by atoms with Gasteiger partial charge in [0, 0.05) is 12.8 Å². The molecule has 0 heterocycles. The molecule has 336 valence electrons. The van der Waals surface area contributed by atoms with Gasteiger partial charge in [-0.25, -0.2) is 4.57 Å². The average molecular weight is 847 g/mol. The Morgan fingerprint density at radius 1 is 0.593 bits per heavy atom. The first-order valence-corrected chi connectivity index (χ1v) is 23.5. The van der Waals surface area contributed by atoms with Gasteiger partial charge >= 0.3 is 19.8 Å². The number of esters is 2. The Labute approximate surface area is 358 Å². The van der Waals surface area contributed by atoms with Gasteiger partial charge in [0.15, 0.2) is 6.10 Å². The van der Waals surface area contributed by atoms with Crippen LogP contribution < -0.4 is 0 Å². The van der Waals surface area contributed by atoms with Crippen molar-refractivity contribution in [2.45, 2.75) is 148 Å². The van der Waals surface area contributed by atoms with Crippen molar-refractivity contribution in [3.63, 3.8) is 0 Å². The molecule has 10 nitrogen and oxygen atoms in total. The number of unbranched alkanes of at least 4 members (excludes halogenated alkanes) is 5. The number of rotatable bonds is 38. The number of carbonyl (C=O) groups excluding carboxylic acids is 2. The third-order valence-electron chi connectivity index (χ3n) is 8.64. The molecule has 0 radical (unpaired) electrons. The summed E-state index contributed by atoms with van der Waals surface area (Å²) in [4.78, 5) is 35.3. The van der Waals surface area contributed by atoms with E-state index in [0.717, 1.165) is 57.8 Å². The molecule has 3 atom stereocenters. The molecule has 59 heavy (non-hydrogen) atoms. The zero-order valence-corrected chi connectivity index (χ0v) is 38.2. The summed E-state index contributed by atoms with van der Waals surface area (Å²) in [5.41, 5.74) is 0. The summed E-state index contributed by atoms with van der Waals surface area (Å²) in [6.45, 7) is 4.02. The highest BCUT2D eigenvalue weighted by Crippen LogP contribution is 2.43. The van der Waals surface area contributed by atoms with Crippen molar-refractivity contribution in [1.82, 2.24) is 0 Å². The smallest absolute Gasteiger partial charge is 0.462 e. The highest BCUT2D eigenvalue weighted by Gasteiger charge is 2.27. The number of aliphatic hydroxyl groups is 1. The Hall–Kier alpha value is -3.11. The second-order valence-corrected chi connectivity index (χ2v) is 17.0. The minimum Gasteiger partial charge on any atom is -0.462 e. The number of likely N-dealkylation sites (N-methyl/N-ethyl adjacent to an activating group) is 1. The van der Waals surface area contributed by atoms with Gasteiger partial charge in [-0.2, -0.15) is 0 Å². The van der Waals surface area contributed by atoms with E-state index in [2.05, 4.69) is 92.8 Å². The molecule has 0 amide bonds. The molecule has 0 rings (SSSR count). The molecule has 11 heteroatoms. The third-order valence-corrected chi connectivity index (χ3v) is 9.63. The van der Waals surface area contributed by atoms with E-state index in [0.29, 0.717) is 43.1 Å². The van der Waals surface area contributed by atoms with Crippen LogP contribution in [0.1, 0.15) is 136 Å². The molecule has 0 spiro atoms. The standard InChI is InChI=1S/C48H80NO9P/c1-6-8-9-10-11-12-13-14-15-16-17-20-24-27-30-33-36-40-48(52)58-46(44-57-59(53,54)56-42-41-49(3,4)5)43-55-47(51)39-35-32-29-26-23-21-18-19-22-25-28-31-34-38-45(50)37-7-2/h11-12,14-15,17-18,20-22,25-27,29-31,34,45-46,50H,6-10,13,16,19,23-24,28,32-33,35-44H2,1-5H3/p+1/b12-11-,15-14-,20-17-,21-18-,25-22-,29-26-,30-27-,34-31-/t45?,46-/m1/s1. The van der Waals surface area contributed by atoms with Gasteiger partial charge in [0.25, 0.3) is 0 Å². The van der Waals surface area contributed by atoms with Crippen LogP contribution in [-0.2, 0) is 32.7 Å². The summed E-state index contributed by atoms with van der Waals surface area (Å²) in [5, 5.41) is 9.73. The van der Waals surface area contributed by atoms with Gasteiger partial charge in [-0.3, -0.25) is 18.6 Å². The van der Waals surface area contributed by atoms with Crippen molar-refractivity contribution in [3.8, 4) is 0 Å².